The molecule has 1 amide bonds. The molecule has 2 unspecified atom stereocenters. The second-order valence-corrected chi connectivity index (χ2v) is 12.6. The van der Waals surface area contributed by atoms with Crippen LogP contribution < -0.4 is 20.1 Å². The van der Waals surface area contributed by atoms with Gasteiger partial charge in [0.1, 0.15) is 10.3 Å². The van der Waals surface area contributed by atoms with Crippen molar-refractivity contribution in [1.82, 2.24) is 20.0 Å². The maximum absolute atomic E-state index is 13.5. The van der Waals surface area contributed by atoms with Crippen molar-refractivity contribution in [2.24, 2.45) is 5.92 Å². The highest BCUT2D eigenvalue weighted by Gasteiger charge is 2.28. The largest absolute Gasteiger partial charge is 0.481 e. The van der Waals surface area contributed by atoms with Crippen LogP contribution in [0.15, 0.2) is 41.3 Å². The van der Waals surface area contributed by atoms with Crippen LogP contribution in [0.5, 0.6) is 5.88 Å². The van der Waals surface area contributed by atoms with Gasteiger partial charge in [-0.3, -0.25) is 4.79 Å². The maximum Gasteiger partial charge on any atom is 0.240 e. The molecule has 5 rings (SSSR count). The van der Waals surface area contributed by atoms with Crippen molar-refractivity contribution >= 4 is 42.7 Å². The highest BCUT2D eigenvalue weighted by molar-refractivity contribution is 7.89. The average Bonchev–Trinajstić information content (AvgIpc) is 3.56. The van der Waals surface area contributed by atoms with E-state index in [9.17, 15) is 13.2 Å². The summed E-state index contributed by atoms with van der Waals surface area (Å²) < 4.78 is 33.8. The quantitative estimate of drug-likeness (QED) is 0.372. The lowest BCUT2D eigenvalue weighted by Crippen LogP contribution is -2.45. The molecule has 3 aromatic rings. The van der Waals surface area contributed by atoms with Crippen molar-refractivity contribution in [2.75, 3.05) is 25.5 Å². The Labute approximate surface area is 221 Å². The minimum Gasteiger partial charge on any atom is -0.481 e. The lowest BCUT2D eigenvalue weighted by molar-refractivity contribution is -0.118. The van der Waals surface area contributed by atoms with Crippen molar-refractivity contribution in [3.05, 3.63) is 42.0 Å². The summed E-state index contributed by atoms with van der Waals surface area (Å²) in [5.41, 5.74) is 1.51. The first-order valence-electron chi connectivity index (χ1n) is 12.9. The van der Waals surface area contributed by atoms with Gasteiger partial charge < -0.3 is 15.4 Å². The number of thiazole rings is 1. The lowest BCUT2D eigenvalue weighted by Gasteiger charge is -2.24. The zero-order chi connectivity index (χ0) is 25.8. The van der Waals surface area contributed by atoms with Crippen molar-refractivity contribution in [3.63, 3.8) is 0 Å². The number of carbonyl (C=O) groups is 1. The number of methoxy groups -OCH3 is 1. The van der Waals surface area contributed by atoms with Gasteiger partial charge in [-0.05, 0) is 55.5 Å². The number of pyridine rings is 1. The molecule has 0 radical (unpaired) electrons. The van der Waals surface area contributed by atoms with E-state index in [4.69, 9.17) is 4.74 Å². The molecular formula is C26H33N5O4S2. The van der Waals surface area contributed by atoms with E-state index in [1.165, 1.54) is 24.2 Å². The Morgan fingerprint density at radius 1 is 1.11 bits per heavy atom. The predicted octanol–water partition coefficient (Wildman–Crippen LogP) is 4.03. The summed E-state index contributed by atoms with van der Waals surface area (Å²) in [5.74, 6) is 0.433. The summed E-state index contributed by atoms with van der Waals surface area (Å²) in [6.07, 6.45) is 7.08. The Morgan fingerprint density at radius 3 is 2.59 bits per heavy atom. The SMILES string of the molecule is COc1ccc2nc(NC(=O)C(CC3CCCC3)c3ccc(S(=O)(=O)NC4CCCNC4)cc3)sc2n1. The maximum atomic E-state index is 13.5. The Hall–Kier alpha value is -2.60. The van der Waals surface area contributed by atoms with Crippen LogP contribution in [-0.2, 0) is 14.8 Å². The van der Waals surface area contributed by atoms with Crippen molar-refractivity contribution in [1.29, 1.82) is 0 Å². The molecule has 3 heterocycles. The summed E-state index contributed by atoms with van der Waals surface area (Å²) in [4.78, 5) is 23.3. The standard InChI is InChI=1S/C26H33N5O4S2/c1-35-23-13-12-22-25(29-23)36-26(28-22)30-24(32)21(15-17-5-2-3-6-17)18-8-10-20(11-9-18)37(33,34)31-19-7-4-14-27-16-19/h8-13,17,19,21,27,31H,2-7,14-16H2,1H3,(H,28,30,32). The van der Waals surface area contributed by atoms with E-state index < -0.39 is 15.9 Å². The molecular weight excluding hydrogens is 510 g/mol. The van der Waals surface area contributed by atoms with E-state index in [1.807, 2.05) is 6.07 Å². The average molecular weight is 544 g/mol. The Bertz CT molecular complexity index is 1330. The number of benzene rings is 1. The number of carbonyl (C=O) groups excluding carboxylic acids is 1. The van der Waals surface area contributed by atoms with Gasteiger partial charge in [-0.15, -0.1) is 0 Å². The first-order valence-corrected chi connectivity index (χ1v) is 15.2. The second-order valence-electron chi connectivity index (χ2n) is 9.86. The van der Waals surface area contributed by atoms with Gasteiger partial charge in [0, 0.05) is 18.7 Å². The number of hydrogen-bond acceptors (Lipinski definition) is 8. The summed E-state index contributed by atoms with van der Waals surface area (Å²) in [6.45, 7) is 1.55. The fourth-order valence-corrected chi connectivity index (χ4v) is 7.36. The molecule has 3 N–H and O–H groups in total. The molecule has 2 atom stereocenters. The van der Waals surface area contributed by atoms with Crippen molar-refractivity contribution in [3.8, 4) is 5.88 Å². The van der Waals surface area contributed by atoms with Gasteiger partial charge in [0.15, 0.2) is 5.13 Å². The Morgan fingerprint density at radius 2 is 1.89 bits per heavy atom. The van der Waals surface area contributed by atoms with Gasteiger partial charge in [-0.25, -0.2) is 23.1 Å². The number of ether oxygens (including phenoxy) is 1. The first kappa shape index (κ1) is 26.0. The smallest absolute Gasteiger partial charge is 0.240 e. The first-order chi connectivity index (χ1) is 17.9. The van der Waals surface area contributed by atoms with Gasteiger partial charge in [0.25, 0.3) is 0 Å². The Balaban J connectivity index is 1.34. The van der Waals surface area contributed by atoms with Crippen LogP contribution >= 0.6 is 11.3 Å². The van der Waals surface area contributed by atoms with E-state index in [2.05, 4.69) is 25.3 Å². The number of rotatable bonds is 9. The van der Waals surface area contributed by atoms with E-state index in [0.29, 0.717) is 33.8 Å². The third-order valence-corrected chi connectivity index (χ3v) is 9.66. The van der Waals surface area contributed by atoms with Crippen molar-refractivity contribution < 1.29 is 17.9 Å². The zero-order valence-electron chi connectivity index (χ0n) is 20.9. The van der Waals surface area contributed by atoms with Gasteiger partial charge in [-0.2, -0.15) is 0 Å². The van der Waals surface area contributed by atoms with E-state index in [1.54, 1.807) is 37.4 Å². The van der Waals surface area contributed by atoms with Gasteiger partial charge in [0.2, 0.25) is 21.8 Å². The molecule has 37 heavy (non-hydrogen) atoms. The topological polar surface area (TPSA) is 122 Å². The number of anilines is 1. The summed E-state index contributed by atoms with van der Waals surface area (Å²) in [5, 5.41) is 6.71. The third-order valence-electron chi connectivity index (χ3n) is 7.24. The molecule has 1 aliphatic carbocycles. The summed E-state index contributed by atoms with van der Waals surface area (Å²) in [6, 6.07) is 10.2. The van der Waals surface area contributed by atoms with Gasteiger partial charge in [-0.1, -0.05) is 49.2 Å². The summed E-state index contributed by atoms with van der Waals surface area (Å²) in [7, 11) is -2.07. The molecule has 0 spiro atoms. The van der Waals surface area contributed by atoms with Crippen LogP contribution in [0.3, 0.4) is 0 Å². The summed E-state index contributed by atoms with van der Waals surface area (Å²) >= 11 is 1.31. The number of nitrogens with one attached hydrogen (secondary N) is 3. The second kappa shape index (κ2) is 11.4. The fourth-order valence-electron chi connectivity index (χ4n) is 5.25. The van der Waals surface area contributed by atoms with Crippen LogP contribution in [0.4, 0.5) is 5.13 Å². The van der Waals surface area contributed by atoms with Crippen LogP contribution in [0.1, 0.15) is 56.4 Å². The number of sulfonamides is 1. The molecule has 1 aliphatic heterocycles. The van der Waals surface area contributed by atoms with Gasteiger partial charge in [0.05, 0.1) is 17.9 Å². The molecule has 2 fully saturated rings. The molecule has 1 aromatic carbocycles. The molecule has 2 aliphatic rings. The number of amides is 1. The Kier molecular flexibility index (Phi) is 8.04. The molecule has 0 bridgehead atoms. The predicted molar refractivity (Wildman–Crippen MR) is 145 cm³/mol. The minimum absolute atomic E-state index is 0.109. The number of nitrogens with zero attached hydrogens (tertiary/aromatic N) is 2. The van der Waals surface area contributed by atoms with Crippen LogP contribution in [0, 0.1) is 5.92 Å². The van der Waals surface area contributed by atoms with Crippen LogP contribution in [0.25, 0.3) is 10.3 Å². The molecule has 2 aromatic heterocycles. The molecule has 11 heteroatoms. The molecule has 1 saturated heterocycles. The van der Waals surface area contributed by atoms with Crippen LogP contribution in [0.2, 0.25) is 0 Å². The van der Waals surface area contributed by atoms with Gasteiger partial charge >= 0.3 is 0 Å². The fraction of sp³-hybridized carbons (Fsp3) is 0.500. The lowest BCUT2D eigenvalue weighted by atomic mass is 9.87. The van der Waals surface area contributed by atoms with E-state index in [-0.39, 0.29) is 16.8 Å². The molecule has 1 saturated carbocycles. The highest BCUT2D eigenvalue weighted by atomic mass is 32.2. The van der Waals surface area contributed by atoms with Crippen LogP contribution in [-0.4, -0.2) is 50.5 Å². The number of aromatic nitrogens is 2. The monoisotopic (exact) mass is 543 g/mol. The highest BCUT2D eigenvalue weighted by Crippen LogP contribution is 2.36. The van der Waals surface area contributed by atoms with Crippen molar-refractivity contribution in [2.45, 2.75) is 61.8 Å². The van der Waals surface area contributed by atoms with E-state index in [0.717, 1.165) is 44.2 Å². The molecule has 198 valence electrons. The minimum atomic E-state index is -3.63. The molecule has 9 nitrogen and oxygen atoms in total. The zero-order valence-corrected chi connectivity index (χ0v) is 22.5. The third kappa shape index (κ3) is 6.28. The number of hydrogen-bond donors (Lipinski definition) is 3. The number of fused-ring (bicyclic) bond motifs is 1. The number of piperidine rings is 1. The van der Waals surface area contributed by atoms with E-state index >= 15 is 0 Å². The normalized spacial score (nSPS) is 19.6.